The number of rotatable bonds is 7. The van der Waals surface area contributed by atoms with Crippen molar-refractivity contribution in [3.63, 3.8) is 0 Å². The molecule has 0 aromatic carbocycles. The van der Waals surface area contributed by atoms with E-state index in [-0.39, 0.29) is 5.56 Å². The molecule has 9 heteroatoms. The summed E-state index contributed by atoms with van der Waals surface area (Å²) in [4.78, 5) is 12.5. The van der Waals surface area contributed by atoms with E-state index in [9.17, 15) is 4.79 Å². The first-order chi connectivity index (χ1) is 13.8. The van der Waals surface area contributed by atoms with Crippen LogP contribution in [-0.2, 0) is 34.0 Å². The maximum absolute atomic E-state index is 12.5. The Morgan fingerprint density at radius 1 is 1.17 bits per heavy atom. The Labute approximate surface area is 174 Å². The monoisotopic (exact) mass is 416 g/mol. The van der Waals surface area contributed by atoms with Crippen molar-refractivity contribution in [1.29, 1.82) is 0 Å². The van der Waals surface area contributed by atoms with Crippen LogP contribution in [0.1, 0.15) is 34.9 Å². The largest absolute Gasteiger partial charge is 0.476 e. The van der Waals surface area contributed by atoms with E-state index in [1.807, 2.05) is 31.9 Å². The standard InChI is InChI=1S/C20H25ClN6O2/c1-12-15(19(21)26(3)22-12)6-5-13-10-18(24-27(4)20(13)28)29-11-14-9-16(14)17-7-8-25(2)23-17/h7-8,10,14,16H,5-6,9,11H2,1-4H3/t14-,16+/m1/s1. The predicted molar refractivity (Wildman–Crippen MR) is 109 cm³/mol. The van der Waals surface area contributed by atoms with Crippen LogP contribution in [0.2, 0.25) is 5.15 Å². The molecule has 1 fully saturated rings. The molecule has 8 nitrogen and oxygen atoms in total. The lowest BCUT2D eigenvalue weighted by molar-refractivity contribution is 0.277. The second-order valence-electron chi connectivity index (χ2n) is 7.74. The molecule has 0 bridgehead atoms. The van der Waals surface area contributed by atoms with Gasteiger partial charge in [-0.05, 0) is 32.3 Å². The molecule has 2 atom stereocenters. The third-order valence-corrected chi connectivity index (χ3v) is 5.98. The van der Waals surface area contributed by atoms with Crippen molar-refractivity contribution in [1.82, 2.24) is 29.3 Å². The van der Waals surface area contributed by atoms with Crippen molar-refractivity contribution < 1.29 is 4.74 Å². The van der Waals surface area contributed by atoms with Crippen molar-refractivity contribution in [3.05, 3.63) is 56.4 Å². The Bertz CT molecular complexity index is 1100. The first-order valence-electron chi connectivity index (χ1n) is 9.71. The van der Waals surface area contributed by atoms with Crippen LogP contribution in [0.3, 0.4) is 0 Å². The quantitative estimate of drug-likeness (QED) is 0.589. The van der Waals surface area contributed by atoms with E-state index in [0.717, 1.165) is 23.4 Å². The smallest absolute Gasteiger partial charge is 0.269 e. The lowest BCUT2D eigenvalue weighted by Crippen LogP contribution is -2.24. The molecule has 4 rings (SSSR count). The van der Waals surface area contributed by atoms with E-state index in [0.29, 0.717) is 47.9 Å². The first-order valence-corrected chi connectivity index (χ1v) is 10.1. The van der Waals surface area contributed by atoms with Crippen LogP contribution in [-0.4, -0.2) is 35.9 Å². The average Bonchev–Trinajstić information content (AvgIpc) is 3.26. The third kappa shape index (κ3) is 4.07. The Morgan fingerprint density at radius 3 is 2.62 bits per heavy atom. The van der Waals surface area contributed by atoms with E-state index >= 15 is 0 Å². The highest BCUT2D eigenvalue weighted by Gasteiger charge is 2.40. The predicted octanol–water partition coefficient (Wildman–Crippen LogP) is 2.18. The van der Waals surface area contributed by atoms with E-state index < -0.39 is 0 Å². The highest BCUT2D eigenvalue weighted by molar-refractivity contribution is 6.30. The molecule has 3 aromatic rings. The lowest BCUT2D eigenvalue weighted by Gasteiger charge is -2.09. The molecular formula is C20H25ClN6O2. The minimum absolute atomic E-state index is 0.118. The molecule has 0 spiro atoms. The summed E-state index contributed by atoms with van der Waals surface area (Å²) in [5.41, 5.74) is 3.50. The minimum Gasteiger partial charge on any atom is -0.476 e. The second kappa shape index (κ2) is 7.67. The number of aryl methyl sites for hydroxylation is 5. The summed E-state index contributed by atoms with van der Waals surface area (Å²) in [6.45, 7) is 2.49. The normalized spacial score (nSPS) is 18.2. The fourth-order valence-electron chi connectivity index (χ4n) is 3.73. The molecule has 154 valence electrons. The number of hydrogen-bond acceptors (Lipinski definition) is 5. The van der Waals surface area contributed by atoms with Gasteiger partial charge in [-0.2, -0.15) is 10.2 Å². The molecule has 3 aromatic heterocycles. The number of ether oxygens (including phenoxy) is 1. The maximum atomic E-state index is 12.5. The summed E-state index contributed by atoms with van der Waals surface area (Å²) in [6.07, 6.45) is 4.22. The summed E-state index contributed by atoms with van der Waals surface area (Å²) in [5.74, 6) is 1.35. The molecule has 1 aliphatic rings. The van der Waals surface area contributed by atoms with E-state index in [1.165, 1.54) is 4.68 Å². The summed E-state index contributed by atoms with van der Waals surface area (Å²) < 4.78 is 10.7. The summed E-state index contributed by atoms with van der Waals surface area (Å²) >= 11 is 6.31. The van der Waals surface area contributed by atoms with Gasteiger partial charge in [0.15, 0.2) is 0 Å². The van der Waals surface area contributed by atoms with E-state index in [1.54, 1.807) is 17.8 Å². The molecule has 0 amide bonds. The molecule has 1 aliphatic carbocycles. The van der Waals surface area contributed by atoms with Gasteiger partial charge in [-0.25, -0.2) is 4.68 Å². The van der Waals surface area contributed by atoms with Crippen molar-refractivity contribution in [3.8, 4) is 5.88 Å². The van der Waals surface area contributed by atoms with Crippen LogP contribution in [0.5, 0.6) is 5.88 Å². The van der Waals surface area contributed by atoms with Gasteiger partial charge in [0.25, 0.3) is 5.56 Å². The summed E-state index contributed by atoms with van der Waals surface area (Å²) in [6, 6.07) is 3.80. The third-order valence-electron chi connectivity index (χ3n) is 5.51. The van der Waals surface area contributed by atoms with Crippen LogP contribution in [0.15, 0.2) is 23.1 Å². The SMILES string of the molecule is Cc1nn(C)c(Cl)c1CCc1cc(OC[C@H]2C[C@@H]2c2ccn(C)n2)nn(C)c1=O. The molecular weight excluding hydrogens is 392 g/mol. The topological polar surface area (TPSA) is 79.8 Å². The molecule has 0 saturated heterocycles. The summed E-state index contributed by atoms with van der Waals surface area (Å²) in [7, 11) is 5.38. The molecule has 3 heterocycles. The first kappa shape index (κ1) is 19.7. The number of halogens is 1. The van der Waals surface area contributed by atoms with Gasteiger partial charge in [-0.3, -0.25) is 14.2 Å². The van der Waals surface area contributed by atoms with Gasteiger partial charge in [0, 0.05) is 56.4 Å². The molecule has 0 N–H and O–H groups in total. The van der Waals surface area contributed by atoms with Crippen molar-refractivity contribution >= 4 is 11.6 Å². The Hall–Kier alpha value is -2.61. The number of hydrogen-bond donors (Lipinski definition) is 0. The molecule has 0 aliphatic heterocycles. The van der Waals surface area contributed by atoms with E-state index in [2.05, 4.69) is 21.4 Å². The van der Waals surface area contributed by atoms with Crippen LogP contribution < -0.4 is 10.3 Å². The zero-order valence-corrected chi connectivity index (χ0v) is 17.8. The van der Waals surface area contributed by atoms with Crippen molar-refractivity contribution in [2.45, 2.75) is 32.1 Å². The number of aromatic nitrogens is 6. The highest BCUT2D eigenvalue weighted by atomic mass is 35.5. The van der Waals surface area contributed by atoms with Crippen LogP contribution in [0.25, 0.3) is 0 Å². The summed E-state index contributed by atoms with van der Waals surface area (Å²) in [5, 5.41) is 13.7. The fraction of sp³-hybridized carbons (Fsp3) is 0.500. The van der Waals surface area contributed by atoms with Gasteiger partial charge >= 0.3 is 0 Å². The molecule has 0 radical (unpaired) electrons. The number of nitrogens with zero attached hydrogens (tertiary/aromatic N) is 6. The van der Waals surface area contributed by atoms with E-state index in [4.69, 9.17) is 16.3 Å². The average molecular weight is 417 g/mol. The van der Waals surface area contributed by atoms with Crippen LogP contribution in [0.4, 0.5) is 0 Å². The van der Waals surface area contributed by atoms with Gasteiger partial charge in [0.05, 0.1) is 18.0 Å². The van der Waals surface area contributed by atoms with Gasteiger partial charge in [-0.1, -0.05) is 11.6 Å². The highest BCUT2D eigenvalue weighted by Crippen LogP contribution is 2.46. The van der Waals surface area contributed by atoms with Crippen molar-refractivity contribution in [2.24, 2.45) is 27.1 Å². The Balaban J connectivity index is 1.41. The minimum atomic E-state index is -0.118. The molecule has 29 heavy (non-hydrogen) atoms. The van der Waals surface area contributed by atoms with Crippen LogP contribution >= 0.6 is 11.6 Å². The van der Waals surface area contributed by atoms with Gasteiger partial charge in [0.2, 0.25) is 5.88 Å². The zero-order chi connectivity index (χ0) is 20.7. The van der Waals surface area contributed by atoms with Gasteiger partial charge in [0.1, 0.15) is 5.15 Å². The van der Waals surface area contributed by atoms with Gasteiger partial charge in [-0.15, -0.1) is 5.10 Å². The van der Waals surface area contributed by atoms with Crippen LogP contribution in [0, 0.1) is 12.8 Å². The second-order valence-corrected chi connectivity index (χ2v) is 8.10. The lowest BCUT2D eigenvalue weighted by atomic mass is 10.1. The molecule has 0 unspecified atom stereocenters. The fourth-order valence-corrected chi connectivity index (χ4v) is 3.99. The molecule has 1 saturated carbocycles. The van der Waals surface area contributed by atoms with Gasteiger partial charge < -0.3 is 4.74 Å². The van der Waals surface area contributed by atoms with Crippen molar-refractivity contribution in [2.75, 3.05) is 6.61 Å². The Kier molecular flexibility index (Phi) is 5.21. The Morgan fingerprint density at radius 2 is 1.97 bits per heavy atom. The zero-order valence-electron chi connectivity index (χ0n) is 17.1. The maximum Gasteiger partial charge on any atom is 0.269 e.